The highest BCUT2D eigenvalue weighted by molar-refractivity contribution is 5.71. The van der Waals surface area contributed by atoms with Crippen molar-refractivity contribution in [2.24, 2.45) is 0 Å². The van der Waals surface area contributed by atoms with Crippen molar-refractivity contribution in [1.82, 2.24) is 4.90 Å². The molecule has 6 heteroatoms. The first kappa shape index (κ1) is 22.7. The molecule has 0 bridgehead atoms. The van der Waals surface area contributed by atoms with Crippen LogP contribution in [-0.2, 0) is 29.0 Å². The number of benzene rings is 3. The van der Waals surface area contributed by atoms with Crippen LogP contribution in [0.1, 0.15) is 47.1 Å². The number of fused-ring (bicyclic) bond motifs is 1. The first-order valence-corrected chi connectivity index (χ1v) is 11.3. The van der Waals surface area contributed by atoms with Crippen molar-refractivity contribution in [3.05, 3.63) is 111 Å². The molecule has 0 spiro atoms. The number of nitro benzene ring substituents is 1. The average Bonchev–Trinajstić information content (AvgIpc) is 2.83. The molecule has 0 N–H and O–H groups in total. The quantitative estimate of drug-likeness (QED) is 0.270. The summed E-state index contributed by atoms with van der Waals surface area (Å²) in [4.78, 5) is 25.3. The maximum atomic E-state index is 12.4. The van der Waals surface area contributed by atoms with Gasteiger partial charge in [-0.25, -0.2) is 0 Å². The number of non-ortho nitro benzene ring substituents is 1. The number of carbonyl (C=O) groups is 1. The van der Waals surface area contributed by atoms with Crippen molar-refractivity contribution in [2.75, 3.05) is 13.2 Å². The summed E-state index contributed by atoms with van der Waals surface area (Å²) in [6, 6.07) is 23.3. The molecule has 3 aromatic carbocycles. The number of ether oxygens (including phenoxy) is 1. The fourth-order valence-electron chi connectivity index (χ4n) is 4.62. The Balaban J connectivity index is 1.56. The standard InChI is InChI=1S/C27H28N2O4/c1-2-33-27(30)17-26(21-7-4-3-5-8-21)25-10-6-9-22-19-28(16-15-24(22)25)18-20-11-13-23(14-12-20)29(31)32/h3-14,26H,2,15-19H2,1H3. The summed E-state index contributed by atoms with van der Waals surface area (Å²) in [6.45, 7) is 4.65. The van der Waals surface area contributed by atoms with Gasteiger partial charge >= 0.3 is 5.97 Å². The molecule has 3 aromatic rings. The van der Waals surface area contributed by atoms with Crippen molar-refractivity contribution in [3.63, 3.8) is 0 Å². The molecule has 1 heterocycles. The van der Waals surface area contributed by atoms with Crippen LogP contribution in [0.5, 0.6) is 0 Å². The zero-order chi connectivity index (χ0) is 23.2. The molecule has 0 amide bonds. The van der Waals surface area contributed by atoms with Gasteiger partial charge < -0.3 is 4.74 Å². The minimum absolute atomic E-state index is 0.0403. The van der Waals surface area contributed by atoms with E-state index in [1.54, 1.807) is 12.1 Å². The van der Waals surface area contributed by atoms with Gasteiger partial charge in [0.05, 0.1) is 18.0 Å². The average molecular weight is 445 g/mol. The van der Waals surface area contributed by atoms with E-state index in [1.807, 2.05) is 37.3 Å². The number of esters is 1. The predicted octanol–water partition coefficient (Wildman–Crippen LogP) is 5.24. The van der Waals surface area contributed by atoms with E-state index in [9.17, 15) is 14.9 Å². The second-order valence-corrected chi connectivity index (χ2v) is 8.34. The highest BCUT2D eigenvalue weighted by Crippen LogP contribution is 2.35. The molecule has 1 aliphatic rings. The van der Waals surface area contributed by atoms with E-state index < -0.39 is 0 Å². The van der Waals surface area contributed by atoms with Gasteiger partial charge in [0, 0.05) is 37.7 Å². The van der Waals surface area contributed by atoms with E-state index in [1.165, 1.54) is 16.7 Å². The number of nitrogens with zero attached hydrogens (tertiary/aromatic N) is 2. The van der Waals surface area contributed by atoms with Gasteiger partial charge in [0.1, 0.15) is 0 Å². The van der Waals surface area contributed by atoms with Gasteiger partial charge in [-0.1, -0.05) is 60.7 Å². The maximum absolute atomic E-state index is 12.4. The van der Waals surface area contributed by atoms with Crippen LogP contribution in [0.2, 0.25) is 0 Å². The molecule has 170 valence electrons. The van der Waals surface area contributed by atoms with Gasteiger partial charge in [-0.05, 0) is 41.2 Å². The van der Waals surface area contributed by atoms with E-state index in [2.05, 4.69) is 35.2 Å². The van der Waals surface area contributed by atoms with E-state index >= 15 is 0 Å². The first-order chi connectivity index (χ1) is 16.0. The molecule has 0 saturated heterocycles. The summed E-state index contributed by atoms with van der Waals surface area (Å²) in [5, 5.41) is 10.9. The summed E-state index contributed by atoms with van der Waals surface area (Å²) < 4.78 is 5.28. The molecular weight excluding hydrogens is 416 g/mol. The number of rotatable bonds is 8. The number of hydrogen-bond acceptors (Lipinski definition) is 5. The molecule has 0 saturated carbocycles. The number of hydrogen-bond donors (Lipinski definition) is 0. The molecular formula is C27H28N2O4. The third kappa shape index (κ3) is 5.46. The minimum atomic E-state index is -0.373. The molecule has 0 fully saturated rings. The second kappa shape index (κ2) is 10.4. The van der Waals surface area contributed by atoms with Gasteiger partial charge in [-0.3, -0.25) is 19.8 Å². The fraction of sp³-hybridized carbons (Fsp3) is 0.296. The normalized spacial score (nSPS) is 14.3. The number of carbonyl (C=O) groups excluding carboxylic acids is 1. The lowest BCUT2D eigenvalue weighted by atomic mass is 9.82. The van der Waals surface area contributed by atoms with Gasteiger partial charge in [0.25, 0.3) is 5.69 Å². The monoisotopic (exact) mass is 444 g/mol. The SMILES string of the molecule is CCOC(=O)CC(c1ccccc1)c1cccc2c1CCN(Cc1ccc([N+](=O)[O-])cc1)C2. The third-order valence-electron chi connectivity index (χ3n) is 6.19. The van der Waals surface area contributed by atoms with Crippen LogP contribution in [-0.4, -0.2) is 28.9 Å². The van der Waals surface area contributed by atoms with E-state index in [-0.39, 0.29) is 22.5 Å². The van der Waals surface area contributed by atoms with Crippen molar-refractivity contribution < 1.29 is 14.5 Å². The summed E-state index contributed by atoms with van der Waals surface area (Å²) in [5.74, 6) is -0.221. The first-order valence-electron chi connectivity index (χ1n) is 11.3. The molecule has 1 aliphatic heterocycles. The number of nitro groups is 1. The van der Waals surface area contributed by atoms with E-state index in [0.29, 0.717) is 13.0 Å². The molecule has 33 heavy (non-hydrogen) atoms. The van der Waals surface area contributed by atoms with Gasteiger partial charge in [-0.15, -0.1) is 0 Å². The second-order valence-electron chi connectivity index (χ2n) is 8.34. The van der Waals surface area contributed by atoms with Crippen LogP contribution < -0.4 is 0 Å². The highest BCUT2D eigenvalue weighted by Gasteiger charge is 2.26. The predicted molar refractivity (Wildman–Crippen MR) is 127 cm³/mol. The summed E-state index contributed by atoms with van der Waals surface area (Å²) >= 11 is 0. The Morgan fingerprint density at radius 3 is 2.52 bits per heavy atom. The van der Waals surface area contributed by atoms with Crippen molar-refractivity contribution in [3.8, 4) is 0 Å². The van der Waals surface area contributed by atoms with Gasteiger partial charge in [0.2, 0.25) is 0 Å². The van der Waals surface area contributed by atoms with Crippen LogP contribution >= 0.6 is 0 Å². The van der Waals surface area contributed by atoms with Gasteiger partial charge in [-0.2, -0.15) is 0 Å². The van der Waals surface area contributed by atoms with Crippen molar-refractivity contribution >= 4 is 11.7 Å². The van der Waals surface area contributed by atoms with E-state index in [0.717, 1.165) is 37.2 Å². The van der Waals surface area contributed by atoms with Gasteiger partial charge in [0.15, 0.2) is 0 Å². The van der Waals surface area contributed by atoms with Crippen molar-refractivity contribution in [2.45, 2.75) is 38.8 Å². The fourth-order valence-corrected chi connectivity index (χ4v) is 4.62. The Morgan fingerprint density at radius 2 is 1.82 bits per heavy atom. The van der Waals surface area contributed by atoms with Crippen LogP contribution in [0, 0.1) is 10.1 Å². The largest absolute Gasteiger partial charge is 0.466 e. The molecule has 0 radical (unpaired) electrons. The minimum Gasteiger partial charge on any atom is -0.466 e. The lowest BCUT2D eigenvalue weighted by Crippen LogP contribution is -2.31. The smallest absolute Gasteiger partial charge is 0.306 e. The molecule has 1 unspecified atom stereocenters. The summed E-state index contributed by atoms with van der Waals surface area (Å²) in [6.07, 6.45) is 1.21. The van der Waals surface area contributed by atoms with Crippen LogP contribution in [0.15, 0.2) is 72.8 Å². The van der Waals surface area contributed by atoms with Crippen LogP contribution in [0.3, 0.4) is 0 Å². The van der Waals surface area contributed by atoms with Crippen LogP contribution in [0.25, 0.3) is 0 Å². The molecule has 0 aromatic heterocycles. The van der Waals surface area contributed by atoms with Crippen molar-refractivity contribution in [1.29, 1.82) is 0 Å². The summed E-state index contributed by atoms with van der Waals surface area (Å²) in [7, 11) is 0. The Bertz CT molecular complexity index is 1110. The molecule has 6 nitrogen and oxygen atoms in total. The molecule has 0 aliphatic carbocycles. The lowest BCUT2D eigenvalue weighted by molar-refractivity contribution is -0.384. The molecule has 1 atom stereocenters. The zero-order valence-corrected chi connectivity index (χ0v) is 18.8. The van der Waals surface area contributed by atoms with Crippen LogP contribution in [0.4, 0.5) is 5.69 Å². The topological polar surface area (TPSA) is 72.7 Å². The zero-order valence-electron chi connectivity index (χ0n) is 18.8. The summed E-state index contributed by atoms with van der Waals surface area (Å²) in [5.41, 5.74) is 6.07. The third-order valence-corrected chi connectivity index (χ3v) is 6.19. The maximum Gasteiger partial charge on any atom is 0.306 e. The Kier molecular flexibility index (Phi) is 7.15. The Morgan fingerprint density at radius 1 is 1.06 bits per heavy atom. The molecule has 4 rings (SSSR count). The Labute approximate surface area is 194 Å². The van der Waals surface area contributed by atoms with E-state index in [4.69, 9.17) is 4.74 Å². The Hall–Kier alpha value is -3.51. The lowest BCUT2D eigenvalue weighted by Gasteiger charge is -2.32. The highest BCUT2D eigenvalue weighted by atomic mass is 16.6.